The molecule has 2 aromatic heterocycles. The summed E-state index contributed by atoms with van der Waals surface area (Å²) >= 11 is 5.99. The first kappa shape index (κ1) is 24.1. The van der Waals surface area contributed by atoms with Crippen LogP contribution in [0.5, 0.6) is 0 Å². The lowest BCUT2D eigenvalue weighted by Crippen LogP contribution is -2.14. The molecule has 0 amide bonds. The van der Waals surface area contributed by atoms with Gasteiger partial charge in [-0.25, -0.2) is 8.96 Å². The Hall–Kier alpha value is -2.56. The van der Waals surface area contributed by atoms with Gasteiger partial charge in [-0.1, -0.05) is 17.7 Å². The first-order valence-corrected chi connectivity index (χ1v) is 10.6. The summed E-state index contributed by atoms with van der Waals surface area (Å²) in [4.78, 5) is 37.3. The summed E-state index contributed by atoms with van der Waals surface area (Å²) in [5.41, 5.74) is -1.67. The maximum atomic E-state index is 14.2. The minimum absolute atomic E-state index is 0.00243. The maximum Gasteiger partial charge on any atom is 0.469 e. The number of H-pyrrole nitrogens is 1. The van der Waals surface area contributed by atoms with E-state index in [0.717, 1.165) is 18.3 Å². The summed E-state index contributed by atoms with van der Waals surface area (Å²) < 4.78 is 67.9. The van der Waals surface area contributed by atoms with Crippen LogP contribution in [0.4, 0.5) is 17.6 Å². The third-order valence-electron chi connectivity index (χ3n) is 4.40. The molecule has 0 saturated carbocycles. The van der Waals surface area contributed by atoms with Gasteiger partial charge in [-0.3, -0.25) is 14.3 Å². The molecule has 3 rings (SSSR count). The molecule has 13 heteroatoms. The fourth-order valence-corrected chi connectivity index (χ4v) is 3.36. The minimum Gasteiger partial charge on any atom is -0.359 e. The molecule has 0 saturated heterocycles. The smallest absolute Gasteiger partial charge is 0.359 e. The molecule has 0 spiro atoms. The van der Waals surface area contributed by atoms with E-state index in [0.29, 0.717) is 6.07 Å². The Labute approximate surface area is 182 Å². The van der Waals surface area contributed by atoms with Gasteiger partial charge in [0.1, 0.15) is 10.8 Å². The van der Waals surface area contributed by atoms with Crippen LogP contribution in [0.2, 0.25) is 5.02 Å². The molecule has 7 nitrogen and oxygen atoms in total. The molecule has 0 radical (unpaired) electrons. The third-order valence-corrected chi connectivity index (χ3v) is 5.32. The number of pyridine rings is 2. The average Bonchev–Trinajstić information content (AvgIpc) is 2.69. The molecule has 0 unspecified atom stereocenters. The fraction of sp³-hybridized carbons (Fsp3) is 0.158. The van der Waals surface area contributed by atoms with Crippen LogP contribution in [0, 0.1) is 12.7 Å². The van der Waals surface area contributed by atoms with Gasteiger partial charge in [-0.05, 0) is 31.2 Å². The Morgan fingerprint density at radius 1 is 1.22 bits per heavy atom. The first-order chi connectivity index (χ1) is 14.8. The van der Waals surface area contributed by atoms with Gasteiger partial charge in [0, 0.05) is 23.0 Å². The van der Waals surface area contributed by atoms with Crippen molar-refractivity contribution in [3.63, 3.8) is 0 Å². The molecule has 0 atom stereocenters. The van der Waals surface area contributed by atoms with Crippen molar-refractivity contribution in [3.8, 4) is 22.4 Å². The van der Waals surface area contributed by atoms with Crippen molar-refractivity contribution in [3.05, 3.63) is 74.5 Å². The van der Waals surface area contributed by atoms with Crippen LogP contribution in [0.15, 0.2) is 41.3 Å². The molecule has 1 aromatic carbocycles. The van der Waals surface area contributed by atoms with E-state index in [1.165, 1.54) is 19.1 Å². The number of phosphoric acid groups is 1. The number of hydrogen-bond acceptors (Lipinski definition) is 4. The molecule has 3 aromatic rings. The van der Waals surface area contributed by atoms with Gasteiger partial charge in [0.15, 0.2) is 0 Å². The largest absolute Gasteiger partial charge is 0.469 e. The summed E-state index contributed by atoms with van der Waals surface area (Å²) in [6, 6.07) is 4.64. The molecular weight excluding hydrogens is 479 g/mol. The van der Waals surface area contributed by atoms with Crippen LogP contribution in [-0.2, 0) is 21.9 Å². The molecule has 0 aliphatic heterocycles. The van der Waals surface area contributed by atoms with Crippen molar-refractivity contribution in [1.82, 2.24) is 9.97 Å². The molecule has 0 aliphatic rings. The van der Waals surface area contributed by atoms with Crippen molar-refractivity contribution in [2.24, 2.45) is 0 Å². The summed E-state index contributed by atoms with van der Waals surface area (Å²) in [7, 11) is -4.85. The maximum absolute atomic E-state index is 14.2. The lowest BCUT2D eigenvalue weighted by atomic mass is 10.0. The SMILES string of the molecule is Cc1[nH]c(COP(=O)(O)O)c(-c2ccc(-c3ccc(C(F)(F)F)cc3F)nc2)c(=O)c1Cl. The summed E-state index contributed by atoms with van der Waals surface area (Å²) in [5.74, 6) is -1.13. The van der Waals surface area contributed by atoms with Crippen LogP contribution < -0.4 is 5.43 Å². The summed E-state index contributed by atoms with van der Waals surface area (Å²) in [6.07, 6.45) is -3.54. The van der Waals surface area contributed by atoms with Crippen molar-refractivity contribution in [2.75, 3.05) is 0 Å². The molecular formula is C19H14ClF4N2O5P. The van der Waals surface area contributed by atoms with Crippen molar-refractivity contribution in [2.45, 2.75) is 19.7 Å². The van der Waals surface area contributed by atoms with Crippen LogP contribution >= 0.6 is 19.4 Å². The highest BCUT2D eigenvalue weighted by Gasteiger charge is 2.31. The number of alkyl halides is 3. The monoisotopic (exact) mass is 492 g/mol. The van der Waals surface area contributed by atoms with Gasteiger partial charge in [-0.15, -0.1) is 0 Å². The number of benzene rings is 1. The minimum atomic E-state index is -4.85. The molecule has 32 heavy (non-hydrogen) atoms. The standard InChI is InChI=1S/C19H14ClF4N2O5P/c1-9-17(20)18(27)16(15(26-9)8-31-32(28,29)30)10-2-5-14(25-7-10)12-4-3-11(6-13(12)21)19(22,23)24/h2-7H,8H2,1H3,(H,26,27)(H2,28,29,30). The number of nitrogens with one attached hydrogen (secondary N) is 1. The second-order valence-corrected chi connectivity index (χ2v) is 8.25. The molecule has 0 aliphatic carbocycles. The van der Waals surface area contributed by atoms with E-state index in [4.69, 9.17) is 21.4 Å². The molecule has 0 fully saturated rings. The van der Waals surface area contributed by atoms with Crippen molar-refractivity contribution < 1.29 is 36.4 Å². The van der Waals surface area contributed by atoms with Gasteiger partial charge in [0.2, 0.25) is 5.43 Å². The Morgan fingerprint density at radius 2 is 1.91 bits per heavy atom. The summed E-state index contributed by atoms with van der Waals surface area (Å²) in [6.45, 7) is 0.825. The number of halogens is 5. The molecule has 170 valence electrons. The van der Waals surface area contributed by atoms with Crippen LogP contribution in [0.3, 0.4) is 0 Å². The summed E-state index contributed by atoms with van der Waals surface area (Å²) in [5, 5.41) is -0.169. The Kier molecular flexibility index (Phi) is 6.60. The zero-order chi connectivity index (χ0) is 23.8. The highest BCUT2D eigenvalue weighted by atomic mass is 35.5. The van der Waals surface area contributed by atoms with Gasteiger partial charge in [0.05, 0.1) is 29.1 Å². The van der Waals surface area contributed by atoms with E-state index < -0.39 is 37.4 Å². The van der Waals surface area contributed by atoms with Gasteiger partial charge >= 0.3 is 14.0 Å². The number of phosphoric ester groups is 1. The predicted octanol–water partition coefficient (Wildman–Crippen LogP) is 4.83. The number of rotatable bonds is 5. The van der Waals surface area contributed by atoms with E-state index in [2.05, 4.69) is 14.5 Å². The molecule has 0 bridgehead atoms. The van der Waals surface area contributed by atoms with E-state index >= 15 is 0 Å². The normalized spacial score (nSPS) is 12.2. The van der Waals surface area contributed by atoms with Crippen LogP contribution in [0.1, 0.15) is 17.0 Å². The van der Waals surface area contributed by atoms with Crippen LogP contribution in [0.25, 0.3) is 22.4 Å². The zero-order valence-corrected chi connectivity index (χ0v) is 17.7. The van der Waals surface area contributed by atoms with Crippen molar-refractivity contribution >= 4 is 19.4 Å². The second-order valence-electron chi connectivity index (χ2n) is 6.64. The number of aromatic nitrogens is 2. The number of nitrogens with zero attached hydrogens (tertiary/aromatic N) is 1. The topological polar surface area (TPSA) is 113 Å². The number of aromatic amines is 1. The Bertz CT molecular complexity index is 1270. The first-order valence-electron chi connectivity index (χ1n) is 8.73. The van der Waals surface area contributed by atoms with E-state index in [9.17, 15) is 26.9 Å². The highest BCUT2D eigenvalue weighted by Crippen LogP contribution is 2.38. The van der Waals surface area contributed by atoms with Crippen LogP contribution in [-0.4, -0.2) is 19.8 Å². The van der Waals surface area contributed by atoms with Gasteiger partial charge < -0.3 is 14.8 Å². The van der Waals surface area contributed by atoms with Gasteiger partial charge in [0.25, 0.3) is 0 Å². The number of aryl methyl sites for hydroxylation is 1. The predicted molar refractivity (Wildman–Crippen MR) is 107 cm³/mol. The number of hydrogen-bond donors (Lipinski definition) is 3. The van der Waals surface area contributed by atoms with E-state index in [1.54, 1.807) is 0 Å². The fourth-order valence-electron chi connectivity index (χ4n) is 2.92. The van der Waals surface area contributed by atoms with E-state index in [1.807, 2.05) is 0 Å². The lowest BCUT2D eigenvalue weighted by molar-refractivity contribution is -0.137. The average molecular weight is 493 g/mol. The Morgan fingerprint density at radius 3 is 2.44 bits per heavy atom. The zero-order valence-electron chi connectivity index (χ0n) is 16.1. The second kappa shape index (κ2) is 8.76. The highest BCUT2D eigenvalue weighted by molar-refractivity contribution is 7.46. The van der Waals surface area contributed by atoms with E-state index in [-0.39, 0.29) is 38.8 Å². The quantitative estimate of drug-likeness (QED) is 0.347. The third kappa shape index (κ3) is 5.25. The molecule has 3 N–H and O–H groups in total. The Balaban J connectivity index is 2.03. The molecule has 2 heterocycles. The van der Waals surface area contributed by atoms with Gasteiger partial charge in [-0.2, -0.15) is 13.2 Å². The lowest BCUT2D eigenvalue weighted by Gasteiger charge is -2.13. The van der Waals surface area contributed by atoms with Crippen molar-refractivity contribution in [1.29, 1.82) is 0 Å².